The van der Waals surface area contributed by atoms with Gasteiger partial charge in [0, 0.05) is 6.42 Å². The van der Waals surface area contributed by atoms with Crippen molar-refractivity contribution in [3.63, 3.8) is 0 Å². The van der Waals surface area contributed by atoms with Gasteiger partial charge in [-0.25, -0.2) is 0 Å². The van der Waals surface area contributed by atoms with Crippen molar-refractivity contribution in [2.24, 2.45) is 0 Å². The van der Waals surface area contributed by atoms with Gasteiger partial charge >= 0.3 is 0 Å². The molecule has 1 aromatic rings. The quantitative estimate of drug-likeness (QED) is 0.704. The first-order valence-corrected chi connectivity index (χ1v) is 5.23. The fourth-order valence-corrected chi connectivity index (χ4v) is 1.70. The number of hydrogen-bond donors (Lipinski definition) is 0. The minimum atomic E-state index is -0.403. The molecule has 0 unspecified atom stereocenters. The second kappa shape index (κ2) is 4.71. The van der Waals surface area contributed by atoms with Crippen molar-refractivity contribution in [1.82, 2.24) is 0 Å². The molecule has 2 rings (SSSR count). The number of carbonyl (C=O) groups is 2. The molecule has 1 aromatic carbocycles. The SMILES string of the molecule is O=C1C=CC=C(Cc2ccccc2)CC1=O. The largest absolute Gasteiger partial charge is 0.290 e. The molecule has 0 aliphatic heterocycles. The van der Waals surface area contributed by atoms with Crippen LogP contribution in [0.3, 0.4) is 0 Å². The standard InChI is InChI=1S/C14H12O2/c15-13-8-4-7-12(10-14(13)16)9-11-5-2-1-3-6-11/h1-8H,9-10H2. The Balaban J connectivity index is 2.12. The number of benzene rings is 1. The van der Waals surface area contributed by atoms with Crippen molar-refractivity contribution < 1.29 is 9.59 Å². The van der Waals surface area contributed by atoms with Crippen LogP contribution < -0.4 is 0 Å². The van der Waals surface area contributed by atoms with Gasteiger partial charge in [0.05, 0.1) is 0 Å². The third-order valence-electron chi connectivity index (χ3n) is 2.52. The first kappa shape index (κ1) is 10.6. The Hall–Kier alpha value is -1.96. The van der Waals surface area contributed by atoms with E-state index in [1.165, 1.54) is 6.08 Å². The fourth-order valence-electron chi connectivity index (χ4n) is 1.70. The number of ketones is 2. The van der Waals surface area contributed by atoms with Gasteiger partial charge in [-0.1, -0.05) is 48.1 Å². The molecule has 2 nitrogen and oxygen atoms in total. The molecular weight excluding hydrogens is 200 g/mol. The zero-order chi connectivity index (χ0) is 11.4. The molecule has 0 amide bonds. The lowest BCUT2D eigenvalue weighted by molar-refractivity contribution is -0.133. The number of Topliss-reactive ketones (excluding diaryl/α,β-unsaturated/α-hetero) is 1. The van der Waals surface area contributed by atoms with Gasteiger partial charge in [0.2, 0.25) is 11.6 Å². The molecule has 1 aliphatic carbocycles. The van der Waals surface area contributed by atoms with E-state index in [1.807, 2.05) is 36.4 Å². The van der Waals surface area contributed by atoms with Crippen LogP contribution in [0, 0.1) is 0 Å². The Morgan fingerprint density at radius 1 is 1.06 bits per heavy atom. The Labute approximate surface area is 94.3 Å². The highest BCUT2D eigenvalue weighted by Crippen LogP contribution is 2.14. The first-order valence-electron chi connectivity index (χ1n) is 5.23. The average Bonchev–Trinajstić information content (AvgIpc) is 2.43. The second-order valence-electron chi connectivity index (χ2n) is 3.81. The molecule has 0 fully saturated rings. The zero-order valence-electron chi connectivity index (χ0n) is 8.85. The predicted molar refractivity (Wildman–Crippen MR) is 62.0 cm³/mol. The van der Waals surface area contributed by atoms with Gasteiger partial charge in [-0.05, 0) is 18.1 Å². The van der Waals surface area contributed by atoms with E-state index in [-0.39, 0.29) is 12.2 Å². The maximum absolute atomic E-state index is 11.4. The Kier molecular flexibility index (Phi) is 3.10. The van der Waals surface area contributed by atoms with Gasteiger partial charge < -0.3 is 0 Å². The fraction of sp³-hybridized carbons (Fsp3) is 0.143. The van der Waals surface area contributed by atoms with E-state index < -0.39 is 5.78 Å². The second-order valence-corrected chi connectivity index (χ2v) is 3.81. The van der Waals surface area contributed by atoms with Gasteiger partial charge in [-0.2, -0.15) is 0 Å². The summed E-state index contributed by atoms with van der Waals surface area (Å²) in [6.07, 6.45) is 5.81. The highest BCUT2D eigenvalue weighted by molar-refractivity contribution is 6.42. The summed E-state index contributed by atoms with van der Waals surface area (Å²) in [5.74, 6) is -0.727. The van der Waals surface area contributed by atoms with E-state index in [4.69, 9.17) is 0 Å². The van der Waals surface area contributed by atoms with Crippen molar-refractivity contribution >= 4 is 11.6 Å². The molecule has 0 saturated carbocycles. The summed E-state index contributed by atoms with van der Waals surface area (Å²) in [6.45, 7) is 0. The molecule has 0 bridgehead atoms. The lowest BCUT2D eigenvalue weighted by atomic mass is 10.0. The first-order chi connectivity index (χ1) is 7.75. The molecule has 1 aliphatic rings. The summed E-state index contributed by atoms with van der Waals surface area (Å²) < 4.78 is 0. The molecule has 0 spiro atoms. The van der Waals surface area contributed by atoms with E-state index in [0.29, 0.717) is 0 Å². The van der Waals surface area contributed by atoms with E-state index in [1.54, 1.807) is 6.08 Å². The maximum Gasteiger partial charge on any atom is 0.221 e. The summed E-state index contributed by atoms with van der Waals surface area (Å²) in [7, 11) is 0. The Morgan fingerprint density at radius 2 is 1.81 bits per heavy atom. The lowest BCUT2D eigenvalue weighted by Gasteiger charge is -2.03. The highest BCUT2D eigenvalue weighted by atomic mass is 16.2. The summed E-state index contributed by atoms with van der Waals surface area (Å²) in [5, 5.41) is 0. The molecule has 0 heterocycles. The van der Waals surface area contributed by atoms with Crippen LogP contribution in [0.25, 0.3) is 0 Å². The summed E-state index contributed by atoms with van der Waals surface area (Å²) >= 11 is 0. The van der Waals surface area contributed by atoms with Crippen LogP contribution in [0.2, 0.25) is 0 Å². The van der Waals surface area contributed by atoms with Crippen molar-refractivity contribution in [3.8, 4) is 0 Å². The van der Waals surface area contributed by atoms with Crippen LogP contribution in [-0.2, 0) is 16.0 Å². The van der Waals surface area contributed by atoms with E-state index in [9.17, 15) is 9.59 Å². The molecular formula is C14H12O2. The third kappa shape index (κ3) is 2.54. The topological polar surface area (TPSA) is 34.1 Å². The maximum atomic E-state index is 11.4. The molecule has 0 atom stereocenters. The minimum Gasteiger partial charge on any atom is -0.290 e. The Morgan fingerprint density at radius 3 is 2.56 bits per heavy atom. The van der Waals surface area contributed by atoms with Crippen LogP contribution in [0.1, 0.15) is 12.0 Å². The van der Waals surface area contributed by atoms with Crippen LogP contribution >= 0.6 is 0 Å². The van der Waals surface area contributed by atoms with Crippen LogP contribution in [0.15, 0.2) is 54.1 Å². The monoisotopic (exact) mass is 212 g/mol. The summed E-state index contributed by atoms with van der Waals surface area (Å²) in [6, 6.07) is 9.92. The van der Waals surface area contributed by atoms with Crippen molar-refractivity contribution in [2.45, 2.75) is 12.8 Å². The zero-order valence-corrected chi connectivity index (χ0v) is 8.85. The average molecular weight is 212 g/mol. The number of carbonyl (C=O) groups excluding carboxylic acids is 2. The smallest absolute Gasteiger partial charge is 0.221 e. The van der Waals surface area contributed by atoms with Crippen LogP contribution in [0.5, 0.6) is 0 Å². The lowest BCUT2D eigenvalue weighted by Crippen LogP contribution is -2.10. The van der Waals surface area contributed by atoms with Gasteiger partial charge in [-0.3, -0.25) is 9.59 Å². The predicted octanol–water partition coefficient (Wildman–Crippen LogP) is 2.25. The van der Waals surface area contributed by atoms with Gasteiger partial charge in [0.25, 0.3) is 0 Å². The number of allylic oxidation sites excluding steroid dienone is 4. The molecule has 0 saturated heterocycles. The molecule has 2 heteroatoms. The van der Waals surface area contributed by atoms with E-state index in [0.717, 1.165) is 17.6 Å². The third-order valence-corrected chi connectivity index (χ3v) is 2.52. The van der Waals surface area contributed by atoms with E-state index >= 15 is 0 Å². The van der Waals surface area contributed by atoms with Crippen molar-refractivity contribution in [3.05, 3.63) is 59.7 Å². The van der Waals surface area contributed by atoms with Crippen molar-refractivity contribution in [2.75, 3.05) is 0 Å². The summed E-state index contributed by atoms with van der Waals surface area (Å²) in [4.78, 5) is 22.5. The number of rotatable bonds is 2. The number of hydrogen-bond acceptors (Lipinski definition) is 2. The molecule has 16 heavy (non-hydrogen) atoms. The van der Waals surface area contributed by atoms with Gasteiger partial charge in [-0.15, -0.1) is 0 Å². The highest BCUT2D eigenvalue weighted by Gasteiger charge is 2.14. The minimum absolute atomic E-state index is 0.237. The summed E-state index contributed by atoms with van der Waals surface area (Å²) in [5.41, 5.74) is 2.14. The van der Waals surface area contributed by atoms with Gasteiger partial charge in [0.15, 0.2) is 0 Å². The molecule has 0 radical (unpaired) electrons. The molecule has 80 valence electrons. The molecule has 0 aromatic heterocycles. The van der Waals surface area contributed by atoms with Crippen LogP contribution in [-0.4, -0.2) is 11.6 Å². The van der Waals surface area contributed by atoms with Crippen molar-refractivity contribution in [1.29, 1.82) is 0 Å². The van der Waals surface area contributed by atoms with E-state index in [2.05, 4.69) is 0 Å². The van der Waals surface area contributed by atoms with Gasteiger partial charge in [0.1, 0.15) is 0 Å². The normalized spacial score (nSPS) is 15.9. The van der Waals surface area contributed by atoms with Crippen LogP contribution in [0.4, 0.5) is 0 Å². The molecule has 0 N–H and O–H groups in total. The Bertz CT molecular complexity index is 467.